The number of amides is 1. The molecule has 4 nitrogen and oxygen atoms in total. The number of likely N-dealkylation sites (N-methyl/N-ethyl adjacent to an activating group) is 1. The Morgan fingerprint density at radius 2 is 2.39 bits per heavy atom. The number of likely N-dealkylation sites (tertiary alicyclic amines) is 1. The fourth-order valence-electron chi connectivity index (χ4n) is 2.51. The molecule has 1 aromatic heterocycles. The van der Waals surface area contributed by atoms with E-state index in [2.05, 4.69) is 22.1 Å². The molecule has 1 amide bonds. The van der Waals surface area contributed by atoms with Crippen LogP contribution in [0.25, 0.3) is 0 Å². The van der Waals surface area contributed by atoms with Crippen LogP contribution >= 0.6 is 0 Å². The van der Waals surface area contributed by atoms with E-state index >= 15 is 0 Å². The quantitative estimate of drug-likeness (QED) is 0.879. The van der Waals surface area contributed by atoms with Crippen molar-refractivity contribution >= 4 is 5.91 Å². The molecular weight excluding hydrogens is 226 g/mol. The van der Waals surface area contributed by atoms with Gasteiger partial charge in [0, 0.05) is 18.3 Å². The van der Waals surface area contributed by atoms with Crippen LogP contribution in [0.1, 0.15) is 35.9 Å². The van der Waals surface area contributed by atoms with Gasteiger partial charge >= 0.3 is 0 Å². The van der Waals surface area contributed by atoms with Crippen LogP contribution in [0.3, 0.4) is 0 Å². The highest BCUT2D eigenvalue weighted by Crippen LogP contribution is 2.15. The summed E-state index contributed by atoms with van der Waals surface area (Å²) in [4.78, 5) is 18.6. The number of carbonyl (C=O) groups excluding carboxylic acids is 1. The third kappa shape index (κ3) is 3.07. The smallest absolute Gasteiger partial charge is 0.269 e. The van der Waals surface area contributed by atoms with Crippen molar-refractivity contribution in [2.75, 3.05) is 19.6 Å². The Morgan fingerprint density at radius 3 is 3.11 bits per heavy atom. The second-order valence-electron chi connectivity index (χ2n) is 4.80. The summed E-state index contributed by atoms with van der Waals surface area (Å²) in [6.07, 6.45) is 2.41. The molecule has 98 valence electrons. The van der Waals surface area contributed by atoms with Crippen molar-refractivity contribution in [1.29, 1.82) is 0 Å². The van der Waals surface area contributed by atoms with E-state index in [0.717, 1.165) is 25.3 Å². The maximum atomic E-state index is 12.0. The number of nitrogens with one attached hydrogen (secondary N) is 1. The van der Waals surface area contributed by atoms with Crippen molar-refractivity contribution in [2.24, 2.45) is 0 Å². The van der Waals surface area contributed by atoms with Crippen LogP contribution in [0.5, 0.6) is 0 Å². The van der Waals surface area contributed by atoms with Crippen molar-refractivity contribution in [3.05, 3.63) is 29.6 Å². The summed E-state index contributed by atoms with van der Waals surface area (Å²) in [5.41, 5.74) is 1.38. The van der Waals surface area contributed by atoms with Gasteiger partial charge in [0.1, 0.15) is 5.69 Å². The first-order valence-electron chi connectivity index (χ1n) is 6.66. The van der Waals surface area contributed by atoms with Crippen LogP contribution in [0, 0.1) is 6.92 Å². The molecule has 0 aromatic carbocycles. The lowest BCUT2D eigenvalue weighted by atomic mass is 10.2. The Morgan fingerprint density at radius 1 is 1.56 bits per heavy atom. The van der Waals surface area contributed by atoms with Crippen molar-refractivity contribution in [2.45, 2.75) is 32.7 Å². The van der Waals surface area contributed by atoms with Crippen LogP contribution in [-0.4, -0.2) is 41.5 Å². The van der Waals surface area contributed by atoms with E-state index in [0.29, 0.717) is 11.7 Å². The van der Waals surface area contributed by atoms with Gasteiger partial charge < -0.3 is 5.32 Å². The number of aryl methyl sites for hydroxylation is 1. The second-order valence-corrected chi connectivity index (χ2v) is 4.80. The van der Waals surface area contributed by atoms with Gasteiger partial charge in [0.25, 0.3) is 5.91 Å². The number of rotatable bonds is 4. The lowest BCUT2D eigenvalue weighted by Crippen LogP contribution is -2.40. The molecule has 0 spiro atoms. The van der Waals surface area contributed by atoms with E-state index in [-0.39, 0.29) is 5.91 Å². The summed E-state index contributed by atoms with van der Waals surface area (Å²) in [6, 6.07) is 6.01. The predicted octanol–water partition coefficient (Wildman–Crippen LogP) is 1.60. The number of hydrogen-bond acceptors (Lipinski definition) is 3. The fourth-order valence-corrected chi connectivity index (χ4v) is 2.51. The molecule has 1 aromatic rings. The number of aromatic nitrogens is 1. The summed E-state index contributed by atoms with van der Waals surface area (Å²) in [5, 5.41) is 2.99. The number of hydrogen-bond donors (Lipinski definition) is 1. The minimum atomic E-state index is -0.0679. The number of nitrogens with zero attached hydrogens (tertiary/aromatic N) is 2. The number of pyridine rings is 1. The van der Waals surface area contributed by atoms with Crippen LogP contribution in [0.2, 0.25) is 0 Å². The first kappa shape index (κ1) is 13.0. The maximum absolute atomic E-state index is 12.0. The van der Waals surface area contributed by atoms with Gasteiger partial charge in [-0.3, -0.25) is 9.69 Å². The van der Waals surface area contributed by atoms with Gasteiger partial charge in [-0.15, -0.1) is 0 Å². The standard InChI is InChI=1S/C14H21N3O/c1-3-17-9-5-7-12(17)10-15-14(18)13-8-4-6-11(2)16-13/h4,6,8,12H,3,5,7,9-10H2,1-2H3,(H,15,18). The molecule has 1 N–H and O–H groups in total. The SMILES string of the molecule is CCN1CCCC1CNC(=O)c1cccc(C)n1. The average molecular weight is 247 g/mol. The Hall–Kier alpha value is -1.42. The summed E-state index contributed by atoms with van der Waals surface area (Å²) < 4.78 is 0. The van der Waals surface area contributed by atoms with E-state index in [4.69, 9.17) is 0 Å². The summed E-state index contributed by atoms with van der Waals surface area (Å²) in [6.45, 7) is 7.00. The van der Waals surface area contributed by atoms with Crippen molar-refractivity contribution in [3.8, 4) is 0 Å². The van der Waals surface area contributed by atoms with Crippen LogP contribution in [0.15, 0.2) is 18.2 Å². The van der Waals surface area contributed by atoms with Crippen LogP contribution < -0.4 is 5.32 Å². The summed E-state index contributed by atoms with van der Waals surface area (Å²) >= 11 is 0. The zero-order valence-corrected chi connectivity index (χ0v) is 11.1. The van der Waals surface area contributed by atoms with Crippen molar-refractivity contribution in [1.82, 2.24) is 15.2 Å². The zero-order valence-electron chi connectivity index (χ0n) is 11.1. The summed E-state index contributed by atoms with van der Waals surface area (Å²) in [5.74, 6) is -0.0679. The topological polar surface area (TPSA) is 45.2 Å². The third-order valence-corrected chi connectivity index (χ3v) is 3.52. The first-order valence-corrected chi connectivity index (χ1v) is 6.66. The third-order valence-electron chi connectivity index (χ3n) is 3.52. The Balaban J connectivity index is 1.88. The normalized spacial score (nSPS) is 20.0. The van der Waals surface area contributed by atoms with Crippen molar-refractivity contribution < 1.29 is 4.79 Å². The molecule has 0 aliphatic carbocycles. The Kier molecular flexibility index (Phi) is 4.31. The molecule has 1 atom stereocenters. The second kappa shape index (κ2) is 5.96. The molecule has 1 aliphatic heterocycles. The molecule has 1 unspecified atom stereocenters. The molecule has 1 saturated heterocycles. The molecular formula is C14H21N3O. The molecule has 0 bridgehead atoms. The Bertz CT molecular complexity index is 419. The summed E-state index contributed by atoms with van der Waals surface area (Å²) in [7, 11) is 0. The van der Waals surface area contributed by atoms with Gasteiger partial charge in [-0.1, -0.05) is 13.0 Å². The lowest BCUT2D eigenvalue weighted by molar-refractivity contribution is 0.0936. The highest BCUT2D eigenvalue weighted by atomic mass is 16.1. The fraction of sp³-hybridized carbons (Fsp3) is 0.571. The van der Waals surface area contributed by atoms with Gasteiger partial charge in [-0.05, 0) is 45.0 Å². The highest BCUT2D eigenvalue weighted by molar-refractivity contribution is 5.92. The van der Waals surface area contributed by atoms with E-state index in [9.17, 15) is 4.79 Å². The van der Waals surface area contributed by atoms with E-state index < -0.39 is 0 Å². The highest BCUT2D eigenvalue weighted by Gasteiger charge is 2.23. The van der Waals surface area contributed by atoms with Gasteiger partial charge in [0.05, 0.1) is 0 Å². The van der Waals surface area contributed by atoms with Crippen LogP contribution in [0.4, 0.5) is 0 Å². The van der Waals surface area contributed by atoms with Crippen LogP contribution in [-0.2, 0) is 0 Å². The van der Waals surface area contributed by atoms with Gasteiger partial charge in [-0.25, -0.2) is 4.98 Å². The maximum Gasteiger partial charge on any atom is 0.269 e. The molecule has 1 fully saturated rings. The van der Waals surface area contributed by atoms with Crippen molar-refractivity contribution in [3.63, 3.8) is 0 Å². The van der Waals surface area contributed by atoms with E-state index in [1.807, 2.05) is 19.1 Å². The van der Waals surface area contributed by atoms with E-state index in [1.165, 1.54) is 12.8 Å². The molecule has 2 heterocycles. The van der Waals surface area contributed by atoms with Gasteiger partial charge in [0.2, 0.25) is 0 Å². The minimum absolute atomic E-state index is 0.0679. The average Bonchev–Trinajstić information content (AvgIpc) is 2.83. The molecule has 0 radical (unpaired) electrons. The molecule has 1 aliphatic rings. The number of carbonyl (C=O) groups is 1. The van der Waals surface area contributed by atoms with E-state index in [1.54, 1.807) is 6.07 Å². The lowest BCUT2D eigenvalue weighted by Gasteiger charge is -2.22. The Labute approximate surface area is 108 Å². The molecule has 18 heavy (non-hydrogen) atoms. The van der Waals surface area contributed by atoms with Gasteiger partial charge in [0.15, 0.2) is 0 Å². The molecule has 2 rings (SSSR count). The predicted molar refractivity (Wildman–Crippen MR) is 71.6 cm³/mol. The molecule has 4 heteroatoms. The first-order chi connectivity index (χ1) is 8.70. The molecule has 0 saturated carbocycles. The monoisotopic (exact) mass is 247 g/mol. The minimum Gasteiger partial charge on any atom is -0.349 e. The zero-order chi connectivity index (χ0) is 13.0. The largest absolute Gasteiger partial charge is 0.349 e. The van der Waals surface area contributed by atoms with Gasteiger partial charge in [-0.2, -0.15) is 0 Å².